The Hall–Kier alpha value is -2.32. The maximum atomic E-state index is 13.2. The number of amides is 1. The van der Waals surface area contributed by atoms with Gasteiger partial charge in [-0.3, -0.25) is 4.79 Å². The van der Waals surface area contributed by atoms with Gasteiger partial charge in [-0.2, -0.15) is 0 Å². The molecule has 0 aliphatic heterocycles. The van der Waals surface area contributed by atoms with Crippen LogP contribution in [-0.4, -0.2) is 25.9 Å². The van der Waals surface area contributed by atoms with Crippen LogP contribution in [0.25, 0.3) is 11.6 Å². The topological polar surface area (TPSA) is 73.0 Å². The molecule has 6 nitrogen and oxygen atoms in total. The second-order valence-electron chi connectivity index (χ2n) is 5.22. The Morgan fingerprint density at radius 1 is 1.40 bits per heavy atom. The minimum atomic E-state index is -0.536. The second-order valence-corrected chi connectivity index (χ2v) is 6.94. The summed E-state index contributed by atoms with van der Waals surface area (Å²) in [4.78, 5) is 12.3. The number of halogens is 2. The molecule has 1 N–H and O–H groups in total. The van der Waals surface area contributed by atoms with E-state index in [1.807, 2.05) is 0 Å². The summed E-state index contributed by atoms with van der Waals surface area (Å²) in [5.41, 5.74) is 0.429. The van der Waals surface area contributed by atoms with Gasteiger partial charge in [-0.25, -0.2) is 4.39 Å². The van der Waals surface area contributed by atoms with E-state index in [-0.39, 0.29) is 10.9 Å². The number of hydrogen-bond acceptors (Lipinski definition) is 5. The number of rotatable bonds is 5. The molecule has 0 unspecified atom stereocenters. The second kappa shape index (κ2) is 7.28. The Balaban J connectivity index is 1.68. The molecule has 9 heteroatoms. The van der Waals surface area contributed by atoms with E-state index in [9.17, 15) is 9.18 Å². The van der Waals surface area contributed by atoms with E-state index < -0.39 is 11.1 Å². The van der Waals surface area contributed by atoms with Gasteiger partial charge in [-0.15, -0.1) is 10.2 Å². The number of furan rings is 1. The third kappa shape index (κ3) is 3.85. The quantitative estimate of drug-likeness (QED) is 0.677. The zero-order valence-electron chi connectivity index (χ0n) is 13.4. The van der Waals surface area contributed by atoms with Gasteiger partial charge in [0.15, 0.2) is 16.7 Å². The van der Waals surface area contributed by atoms with Gasteiger partial charge < -0.3 is 14.3 Å². The SMILES string of the molecule is C[C@@H](Sc1nnc(-c2ccco2)n1C)C(=O)Nc1ccc(F)c(Cl)c1. The number of carbonyl (C=O) groups is 1. The van der Waals surface area contributed by atoms with Crippen LogP contribution < -0.4 is 5.32 Å². The van der Waals surface area contributed by atoms with Crippen LogP contribution in [0.4, 0.5) is 10.1 Å². The monoisotopic (exact) mass is 380 g/mol. The van der Waals surface area contributed by atoms with Gasteiger partial charge in [0.1, 0.15) is 5.82 Å². The van der Waals surface area contributed by atoms with Gasteiger partial charge in [0.25, 0.3) is 0 Å². The van der Waals surface area contributed by atoms with Crippen molar-refractivity contribution in [2.45, 2.75) is 17.3 Å². The van der Waals surface area contributed by atoms with Crippen LogP contribution in [0.1, 0.15) is 6.92 Å². The molecule has 0 radical (unpaired) electrons. The molecule has 3 rings (SSSR count). The summed E-state index contributed by atoms with van der Waals surface area (Å²) < 4.78 is 20.2. The summed E-state index contributed by atoms with van der Waals surface area (Å²) >= 11 is 6.97. The first-order valence-electron chi connectivity index (χ1n) is 7.31. The molecular weight excluding hydrogens is 367 g/mol. The number of thioether (sulfide) groups is 1. The number of aromatic nitrogens is 3. The average molecular weight is 381 g/mol. The Morgan fingerprint density at radius 2 is 2.20 bits per heavy atom. The molecule has 1 aromatic carbocycles. The molecule has 0 saturated heterocycles. The predicted molar refractivity (Wildman–Crippen MR) is 94.1 cm³/mol. The summed E-state index contributed by atoms with van der Waals surface area (Å²) in [5, 5.41) is 11.0. The molecule has 0 saturated carbocycles. The van der Waals surface area contributed by atoms with E-state index in [0.717, 1.165) is 0 Å². The summed E-state index contributed by atoms with van der Waals surface area (Å²) in [6.45, 7) is 1.74. The molecule has 3 aromatic rings. The van der Waals surface area contributed by atoms with Crippen molar-refractivity contribution in [2.75, 3.05) is 5.32 Å². The highest BCUT2D eigenvalue weighted by Gasteiger charge is 2.20. The maximum absolute atomic E-state index is 13.2. The molecule has 25 heavy (non-hydrogen) atoms. The van der Waals surface area contributed by atoms with E-state index >= 15 is 0 Å². The normalized spacial score (nSPS) is 12.2. The van der Waals surface area contributed by atoms with Crippen LogP contribution in [-0.2, 0) is 11.8 Å². The smallest absolute Gasteiger partial charge is 0.237 e. The number of anilines is 1. The van der Waals surface area contributed by atoms with Crippen LogP contribution in [0, 0.1) is 5.82 Å². The van der Waals surface area contributed by atoms with Crippen LogP contribution in [0.15, 0.2) is 46.2 Å². The van der Waals surface area contributed by atoms with Gasteiger partial charge >= 0.3 is 0 Å². The third-order valence-corrected chi connectivity index (χ3v) is 4.84. The number of nitrogens with one attached hydrogen (secondary N) is 1. The van der Waals surface area contributed by atoms with Crippen LogP contribution in [0.5, 0.6) is 0 Å². The van der Waals surface area contributed by atoms with E-state index in [2.05, 4.69) is 15.5 Å². The fraction of sp³-hybridized carbons (Fsp3) is 0.188. The van der Waals surface area contributed by atoms with Crippen molar-refractivity contribution in [3.8, 4) is 11.6 Å². The van der Waals surface area contributed by atoms with E-state index in [0.29, 0.717) is 22.4 Å². The van der Waals surface area contributed by atoms with Crippen molar-refractivity contribution >= 4 is 35.0 Å². The standard InChI is InChI=1S/C16H14ClFN4O2S/c1-9(15(23)19-10-5-6-12(18)11(17)8-10)25-16-21-20-14(22(16)2)13-4-3-7-24-13/h3-9H,1-2H3,(H,19,23)/t9-/m1/s1. The lowest BCUT2D eigenvalue weighted by molar-refractivity contribution is -0.115. The first-order valence-corrected chi connectivity index (χ1v) is 8.57. The molecule has 0 fully saturated rings. The molecule has 130 valence electrons. The zero-order valence-corrected chi connectivity index (χ0v) is 14.9. The highest BCUT2D eigenvalue weighted by molar-refractivity contribution is 8.00. The first-order chi connectivity index (χ1) is 12.0. The first kappa shape index (κ1) is 17.5. The Morgan fingerprint density at radius 3 is 2.88 bits per heavy atom. The van der Waals surface area contributed by atoms with Gasteiger partial charge in [0.05, 0.1) is 16.5 Å². The lowest BCUT2D eigenvalue weighted by atomic mass is 10.3. The molecular formula is C16H14ClFN4O2S. The van der Waals surface area contributed by atoms with Gasteiger partial charge in [0.2, 0.25) is 5.91 Å². The Kier molecular flexibility index (Phi) is 5.10. The van der Waals surface area contributed by atoms with Crippen molar-refractivity contribution in [3.05, 3.63) is 47.4 Å². The van der Waals surface area contributed by atoms with Crippen molar-refractivity contribution in [1.82, 2.24) is 14.8 Å². The lowest BCUT2D eigenvalue weighted by Gasteiger charge is -2.12. The lowest BCUT2D eigenvalue weighted by Crippen LogP contribution is -2.22. The molecule has 1 amide bonds. The van der Waals surface area contributed by atoms with Crippen LogP contribution in [0.2, 0.25) is 5.02 Å². The highest BCUT2D eigenvalue weighted by atomic mass is 35.5. The number of nitrogens with zero attached hydrogens (tertiary/aromatic N) is 3. The average Bonchev–Trinajstić information content (AvgIpc) is 3.21. The fourth-order valence-electron chi connectivity index (χ4n) is 2.07. The van der Waals surface area contributed by atoms with E-state index in [1.165, 1.54) is 30.0 Å². The van der Waals surface area contributed by atoms with Crippen molar-refractivity contribution in [2.24, 2.45) is 7.05 Å². The minimum Gasteiger partial charge on any atom is -0.461 e. The van der Waals surface area contributed by atoms with E-state index in [1.54, 1.807) is 36.9 Å². The molecule has 2 aromatic heterocycles. The molecule has 0 spiro atoms. The fourth-order valence-corrected chi connectivity index (χ4v) is 3.06. The van der Waals surface area contributed by atoms with Crippen molar-refractivity contribution in [1.29, 1.82) is 0 Å². The number of hydrogen-bond donors (Lipinski definition) is 1. The zero-order chi connectivity index (χ0) is 18.0. The summed E-state index contributed by atoms with van der Waals surface area (Å²) in [5.74, 6) is 0.382. The number of carbonyl (C=O) groups excluding carboxylic acids is 1. The van der Waals surface area contributed by atoms with Crippen molar-refractivity contribution < 1.29 is 13.6 Å². The van der Waals surface area contributed by atoms with Gasteiger partial charge in [-0.1, -0.05) is 23.4 Å². The Bertz CT molecular complexity index is 898. The molecule has 1 atom stereocenters. The van der Waals surface area contributed by atoms with E-state index in [4.69, 9.17) is 16.0 Å². The summed E-state index contributed by atoms with van der Waals surface area (Å²) in [7, 11) is 1.80. The summed E-state index contributed by atoms with van der Waals surface area (Å²) in [6.07, 6.45) is 1.56. The molecule has 0 bridgehead atoms. The summed E-state index contributed by atoms with van der Waals surface area (Å²) in [6, 6.07) is 7.57. The third-order valence-electron chi connectivity index (χ3n) is 3.42. The van der Waals surface area contributed by atoms with Crippen LogP contribution >= 0.6 is 23.4 Å². The Labute approximate surface area is 152 Å². The van der Waals surface area contributed by atoms with Gasteiger partial charge in [-0.05, 0) is 37.3 Å². The highest BCUT2D eigenvalue weighted by Crippen LogP contribution is 2.27. The number of benzene rings is 1. The maximum Gasteiger partial charge on any atom is 0.237 e. The molecule has 2 heterocycles. The largest absolute Gasteiger partial charge is 0.461 e. The van der Waals surface area contributed by atoms with Crippen LogP contribution in [0.3, 0.4) is 0 Å². The predicted octanol–water partition coefficient (Wildman–Crippen LogP) is 3.99. The molecule has 0 aliphatic carbocycles. The minimum absolute atomic E-state index is 0.0468. The van der Waals surface area contributed by atoms with Crippen molar-refractivity contribution in [3.63, 3.8) is 0 Å². The van der Waals surface area contributed by atoms with Gasteiger partial charge in [0, 0.05) is 12.7 Å². The molecule has 0 aliphatic rings.